The summed E-state index contributed by atoms with van der Waals surface area (Å²) in [6.07, 6.45) is 0.194. The van der Waals surface area contributed by atoms with E-state index in [1.54, 1.807) is 25.1 Å². The van der Waals surface area contributed by atoms with E-state index in [4.69, 9.17) is 27.9 Å². The lowest BCUT2D eigenvalue weighted by Crippen LogP contribution is -2.30. The number of carbonyl (C=O) groups excluding carboxylic acids is 1. The first-order chi connectivity index (χ1) is 11.2. The molecule has 24 heavy (non-hydrogen) atoms. The van der Waals surface area contributed by atoms with Gasteiger partial charge in [0.15, 0.2) is 6.10 Å². The highest BCUT2D eigenvalue weighted by atomic mass is 35.5. The van der Waals surface area contributed by atoms with Crippen molar-refractivity contribution in [2.45, 2.75) is 45.6 Å². The number of hydrogen-bond donors (Lipinski definition) is 1. The van der Waals surface area contributed by atoms with E-state index in [0.29, 0.717) is 20.9 Å². The van der Waals surface area contributed by atoms with Crippen LogP contribution >= 0.6 is 34.5 Å². The van der Waals surface area contributed by atoms with E-state index in [1.165, 1.54) is 11.3 Å². The smallest absolute Gasteiger partial charge is 0.266 e. The third kappa shape index (κ3) is 4.59. The molecule has 0 spiro atoms. The zero-order chi connectivity index (χ0) is 17.9. The van der Waals surface area contributed by atoms with Gasteiger partial charge in [0.1, 0.15) is 10.8 Å². The van der Waals surface area contributed by atoms with Gasteiger partial charge < -0.3 is 4.74 Å². The van der Waals surface area contributed by atoms with Gasteiger partial charge in [-0.1, -0.05) is 55.3 Å². The van der Waals surface area contributed by atoms with E-state index in [-0.39, 0.29) is 11.3 Å². The fourth-order valence-electron chi connectivity index (χ4n) is 1.72. The van der Waals surface area contributed by atoms with E-state index in [1.807, 2.05) is 0 Å². The topological polar surface area (TPSA) is 64.1 Å². The average molecular weight is 388 g/mol. The lowest BCUT2D eigenvalue weighted by Gasteiger charge is -2.17. The molecule has 1 atom stereocenters. The molecule has 0 aliphatic rings. The van der Waals surface area contributed by atoms with Crippen LogP contribution in [0.5, 0.6) is 5.75 Å². The number of benzene rings is 1. The molecule has 2 rings (SSSR count). The van der Waals surface area contributed by atoms with Crippen LogP contribution in [0.15, 0.2) is 18.2 Å². The number of nitrogens with one attached hydrogen (secondary N) is 1. The zero-order valence-corrected chi connectivity index (χ0v) is 16.2. The summed E-state index contributed by atoms with van der Waals surface area (Å²) in [5.74, 6) is 0.0757. The number of rotatable bonds is 6. The van der Waals surface area contributed by atoms with Crippen LogP contribution in [0, 0.1) is 0 Å². The van der Waals surface area contributed by atoms with Crippen LogP contribution in [0.2, 0.25) is 10.0 Å². The molecule has 1 amide bonds. The van der Waals surface area contributed by atoms with Gasteiger partial charge in [-0.25, -0.2) is 0 Å². The van der Waals surface area contributed by atoms with E-state index in [0.717, 1.165) is 11.4 Å². The van der Waals surface area contributed by atoms with Gasteiger partial charge in [-0.2, -0.15) is 0 Å². The van der Waals surface area contributed by atoms with E-state index >= 15 is 0 Å². The summed E-state index contributed by atoms with van der Waals surface area (Å²) in [7, 11) is 0. The summed E-state index contributed by atoms with van der Waals surface area (Å²) in [5, 5.41) is 13.1. The van der Waals surface area contributed by atoms with Gasteiger partial charge >= 0.3 is 0 Å². The van der Waals surface area contributed by atoms with Gasteiger partial charge in [-0.15, -0.1) is 10.2 Å². The van der Waals surface area contributed by atoms with Crippen molar-refractivity contribution in [2.24, 2.45) is 0 Å². The van der Waals surface area contributed by atoms with Crippen molar-refractivity contribution in [3.05, 3.63) is 33.3 Å². The lowest BCUT2D eigenvalue weighted by molar-refractivity contribution is -0.122. The third-order valence-electron chi connectivity index (χ3n) is 3.68. The van der Waals surface area contributed by atoms with Gasteiger partial charge in [-0.3, -0.25) is 10.1 Å². The standard InChI is InChI=1S/C16H19Cl2N3O2S/c1-5-16(3,4)14-20-21-15(24-14)19-13(22)9(2)23-12-7-6-10(17)8-11(12)18/h6-9H,5H2,1-4H3,(H,19,21,22). The SMILES string of the molecule is CCC(C)(C)c1nnc(NC(=O)C(C)Oc2ccc(Cl)cc2Cl)s1. The van der Waals surface area contributed by atoms with Gasteiger partial charge in [0.05, 0.1) is 5.02 Å². The molecular formula is C16H19Cl2N3O2S. The molecule has 1 unspecified atom stereocenters. The highest BCUT2D eigenvalue weighted by Crippen LogP contribution is 2.31. The average Bonchev–Trinajstić information content (AvgIpc) is 2.99. The number of aromatic nitrogens is 2. The Kier molecular flexibility index (Phi) is 6.06. The number of hydrogen-bond acceptors (Lipinski definition) is 5. The zero-order valence-electron chi connectivity index (χ0n) is 13.9. The summed E-state index contributed by atoms with van der Waals surface area (Å²) < 4.78 is 5.58. The monoisotopic (exact) mass is 387 g/mol. The first-order valence-electron chi connectivity index (χ1n) is 7.49. The summed E-state index contributed by atoms with van der Waals surface area (Å²) in [6.45, 7) is 7.91. The predicted molar refractivity (Wildman–Crippen MR) is 98.4 cm³/mol. The molecule has 1 N–H and O–H groups in total. The fraction of sp³-hybridized carbons (Fsp3) is 0.438. The van der Waals surface area contributed by atoms with Gasteiger partial charge in [0, 0.05) is 10.4 Å². The normalized spacial score (nSPS) is 12.8. The summed E-state index contributed by atoms with van der Waals surface area (Å²) in [5.41, 5.74) is -0.0698. The fourth-order valence-corrected chi connectivity index (χ4v) is 3.09. The maximum absolute atomic E-state index is 12.3. The minimum absolute atomic E-state index is 0.0698. The van der Waals surface area contributed by atoms with E-state index in [2.05, 4.69) is 36.3 Å². The number of halogens is 2. The van der Waals surface area contributed by atoms with Crippen LogP contribution in [0.1, 0.15) is 39.1 Å². The minimum atomic E-state index is -0.741. The van der Waals surface area contributed by atoms with E-state index in [9.17, 15) is 4.79 Å². The highest BCUT2D eigenvalue weighted by Gasteiger charge is 2.24. The Hall–Kier alpha value is -1.37. The van der Waals surface area contributed by atoms with Crippen molar-refractivity contribution in [2.75, 3.05) is 5.32 Å². The highest BCUT2D eigenvalue weighted by molar-refractivity contribution is 7.15. The Labute approximate surface area is 155 Å². The van der Waals surface area contributed by atoms with Crippen LogP contribution in [-0.2, 0) is 10.2 Å². The number of carbonyl (C=O) groups is 1. The summed E-state index contributed by atoms with van der Waals surface area (Å²) in [6, 6.07) is 4.84. The Morgan fingerprint density at radius 3 is 2.71 bits per heavy atom. The van der Waals surface area contributed by atoms with Crippen molar-refractivity contribution in [3.8, 4) is 5.75 Å². The molecule has 0 aliphatic heterocycles. The number of ether oxygens (including phenoxy) is 1. The van der Waals surface area contributed by atoms with Gasteiger partial charge in [0.25, 0.3) is 5.91 Å². The van der Waals surface area contributed by atoms with Crippen LogP contribution < -0.4 is 10.1 Å². The molecule has 8 heteroatoms. The van der Waals surface area contributed by atoms with Crippen LogP contribution in [-0.4, -0.2) is 22.2 Å². The number of anilines is 1. The van der Waals surface area contributed by atoms with Crippen LogP contribution in [0.25, 0.3) is 0 Å². The lowest BCUT2D eigenvalue weighted by atomic mass is 9.91. The second-order valence-electron chi connectivity index (χ2n) is 5.97. The molecule has 1 aromatic heterocycles. The molecule has 5 nitrogen and oxygen atoms in total. The van der Waals surface area contributed by atoms with Crippen molar-refractivity contribution >= 4 is 45.6 Å². The molecule has 1 heterocycles. The molecule has 0 aliphatic carbocycles. The van der Waals surface area contributed by atoms with Crippen molar-refractivity contribution in [1.82, 2.24) is 10.2 Å². The van der Waals surface area contributed by atoms with Gasteiger partial charge in [0.2, 0.25) is 5.13 Å². The molecule has 1 aromatic carbocycles. The Balaban J connectivity index is 2.01. The van der Waals surface area contributed by atoms with Gasteiger partial charge in [-0.05, 0) is 31.5 Å². The molecule has 130 valence electrons. The molecule has 0 saturated carbocycles. The minimum Gasteiger partial charge on any atom is -0.479 e. The first-order valence-corrected chi connectivity index (χ1v) is 9.06. The summed E-state index contributed by atoms with van der Waals surface area (Å²) in [4.78, 5) is 12.3. The molecular weight excluding hydrogens is 369 g/mol. The van der Waals surface area contributed by atoms with Crippen LogP contribution in [0.4, 0.5) is 5.13 Å². The maximum Gasteiger partial charge on any atom is 0.266 e. The van der Waals surface area contributed by atoms with Crippen molar-refractivity contribution < 1.29 is 9.53 Å². The summed E-state index contributed by atoms with van der Waals surface area (Å²) >= 11 is 13.3. The second kappa shape index (κ2) is 7.68. The molecule has 0 fully saturated rings. The predicted octanol–water partition coefficient (Wildman–Crippen LogP) is 4.94. The molecule has 0 saturated heterocycles. The number of nitrogens with zero attached hydrogens (tertiary/aromatic N) is 2. The van der Waals surface area contributed by atoms with Crippen molar-refractivity contribution in [1.29, 1.82) is 0 Å². The van der Waals surface area contributed by atoms with Crippen LogP contribution in [0.3, 0.4) is 0 Å². The van der Waals surface area contributed by atoms with E-state index < -0.39 is 6.10 Å². The quantitative estimate of drug-likeness (QED) is 0.762. The molecule has 0 bridgehead atoms. The first kappa shape index (κ1) is 19.0. The second-order valence-corrected chi connectivity index (χ2v) is 7.80. The largest absolute Gasteiger partial charge is 0.479 e. The third-order valence-corrected chi connectivity index (χ3v) is 5.42. The Bertz CT molecular complexity index is 734. The molecule has 2 aromatic rings. The maximum atomic E-state index is 12.3. The Morgan fingerprint density at radius 2 is 2.08 bits per heavy atom. The van der Waals surface area contributed by atoms with Crippen molar-refractivity contribution in [3.63, 3.8) is 0 Å². The molecule has 0 radical (unpaired) electrons. The number of amides is 1. The Morgan fingerprint density at radius 1 is 1.38 bits per heavy atom.